The van der Waals surface area contributed by atoms with Crippen LogP contribution in [0.2, 0.25) is 0 Å². The normalized spacial score (nSPS) is 13.4. The average Bonchev–Trinajstić information content (AvgIpc) is 3.32. The van der Waals surface area contributed by atoms with Gasteiger partial charge in [0.15, 0.2) is 0 Å². The summed E-state index contributed by atoms with van der Waals surface area (Å²) in [6.07, 6.45) is 6.62. The summed E-state index contributed by atoms with van der Waals surface area (Å²) in [6, 6.07) is 11.4. The van der Waals surface area contributed by atoms with E-state index in [0.29, 0.717) is 12.2 Å². The van der Waals surface area contributed by atoms with E-state index in [-0.39, 0.29) is 11.7 Å². The van der Waals surface area contributed by atoms with E-state index in [1.165, 1.54) is 34.8 Å². The van der Waals surface area contributed by atoms with Crippen LogP contribution in [-0.2, 0) is 19.3 Å². The van der Waals surface area contributed by atoms with E-state index in [4.69, 9.17) is 9.51 Å². The predicted molar refractivity (Wildman–Crippen MR) is 101 cm³/mol. The summed E-state index contributed by atoms with van der Waals surface area (Å²) in [5.74, 6) is 0.0201. The Balaban J connectivity index is 1.26. The summed E-state index contributed by atoms with van der Waals surface area (Å²) in [7, 11) is 0. The Hall–Kier alpha value is -2.47. The van der Waals surface area contributed by atoms with Crippen molar-refractivity contribution in [3.63, 3.8) is 0 Å². The Morgan fingerprint density at radius 2 is 2.04 bits per heavy atom. The first-order chi connectivity index (χ1) is 12.8. The van der Waals surface area contributed by atoms with Gasteiger partial charge < -0.3 is 9.84 Å². The molecule has 1 aliphatic rings. The lowest BCUT2D eigenvalue weighted by Gasteiger charge is -2.06. The number of carbonyl (C=O) groups is 1. The summed E-state index contributed by atoms with van der Waals surface area (Å²) in [4.78, 5) is 18.4. The third-order valence-corrected chi connectivity index (χ3v) is 5.76. The SMILES string of the molecule is O=C(NCCCc1nc2c(s1)CCCC2)c1cc(-c2ccccc2)no1. The monoisotopic (exact) mass is 367 g/mol. The first-order valence-electron chi connectivity index (χ1n) is 9.07. The Morgan fingerprint density at radius 3 is 2.88 bits per heavy atom. The zero-order valence-corrected chi connectivity index (χ0v) is 15.3. The van der Waals surface area contributed by atoms with Crippen molar-refractivity contribution in [2.24, 2.45) is 0 Å². The number of rotatable bonds is 6. The van der Waals surface area contributed by atoms with Gasteiger partial charge in [0, 0.05) is 29.5 Å². The quantitative estimate of drug-likeness (QED) is 0.668. The largest absolute Gasteiger partial charge is 0.350 e. The number of aromatic nitrogens is 2. The second kappa shape index (κ2) is 7.83. The van der Waals surface area contributed by atoms with Crippen LogP contribution < -0.4 is 5.32 Å². The standard InChI is InChI=1S/C20H21N3O2S/c24-20(17-13-16(23-25-17)14-7-2-1-3-8-14)21-12-6-11-19-22-15-9-4-5-10-18(15)26-19/h1-3,7-8,13H,4-6,9-12H2,(H,21,24). The molecule has 0 saturated carbocycles. The number of carbonyl (C=O) groups excluding carboxylic acids is 1. The van der Waals surface area contributed by atoms with E-state index in [9.17, 15) is 4.79 Å². The lowest BCUT2D eigenvalue weighted by molar-refractivity contribution is 0.0916. The molecular formula is C20H21N3O2S. The molecule has 1 aromatic carbocycles. The number of fused-ring (bicyclic) bond motifs is 1. The number of benzene rings is 1. The molecule has 2 heterocycles. The summed E-state index contributed by atoms with van der Waals surface area (Å²) < 4.78 is 5.18. The zero-order chi connectivity index (χ0) is 17.8. The Kier molecular flexibility index (Phi) is 5.11. The highest BCUT2D eigenvalue weighted by Gasteiger charge is 2.16. The van der Waals surface area contributed by atoms with Gasteiger partial charge in [0.1, 0.15) is 5.69 Å². The van der Waals surface area contributed by atoms with Crippen molar-refractivity contribution in [1.29, 1.82) is 0 Å². The number of thiazole rings is 1. The molecule has 0 unspecified atom stereocenters. The first-order valence-corrected chi connectivity index (χ1v) is 9.89. The van der Waals surface area contributed by atoms with E-state index < -0.39 is 0 Å². The summed E-state index contributed by atoms with van der Waals surface area (Å²) in [5, 5.41) is 8.07. The zero-order valence-electron chi connectivity index (χ0n) is 14.5. The highest BCUT2D eigenvalue weighted by atomic mass is 32.1. The Labute approximate surface area is 156 Å². The molecule has 0 atom stereocenters. The molecule has 0 spiro atoms. The molecule has 3 aromatic rings. The van der Waals surface area contributed by atoms with E-state index in [0.717, 1.165) is 24.8 Å². The van der Waals surface area contributed by atoms with Gasteiger partial charge in [-0.3, -0.25) is 4.79 Å². The van der Waals surface area contributed by atoms with Gasteiger partial charge in [-0.05, 0) is 32.1 Å². The third-order valence-electron chi connectivity index (χ3n) is 4.55. The van der Waals surface area contributed by atoms with Crippen LogP contribution in [0, 0.1) is 0 Å². The first kappa shape index (κ1) is 17.0. The van der Waals surface area contributed by atoms with E-state index in [1.807, 2.05) is 41.7 Å². The molecule has 2 aromatic heterocycles. The molecule has 1 amide bonds. The number of hydrogen-bond donors (Lipinski definition) is 1. The van der Waals surface area contributed by atoms with Gasteiger partial charge in [-0.25, -0.2) is 4.98 Å². The predicted octanol–water partition coefficient (Wildman–Crippen LogP) is 4.04. The van der Waals surface area contributed by atoms with Crippen LogP contribution in [0.1, 0.15) is 45.4 Å². The van der Waals surface area contributed by atoms with Crippen molar-refractivity contribution in [3.05, 3.63) is 57.7 Å². The van der Waals surface area contributed by atoms with Crippen LogP contribution in [-0.4, -0.2) is 22.6 Å². The molecule has 26 heavy (non-hydrogen) atoms. The van der Waals surface area contributed by atoms with E-state index in [2.05, 4.69) is 10.5 Å². The molecule has 4 rings (SSSR count). The lowest BCUT2D eigenvalue weighted by Crippen LogP contribution is -2.24. The second-order valence-electron chi connectivity index (χ2n) is 6.49. The van der Waals surface area contributed by atoms with Crippen molar-refractivity contribution < 1.29 is 9.32 Å². The van der Waals surface area contributed by atoms with Gasteiger partial charge in [0.2, 0.25) is 5.76 Å². The molecule has 0 bridgehead atoms. The van der Waals surface area contributed by atoms with Crippen molar-refractivity contribution in [3.8, 4) is 11.3 Å². The molecular weight excluding hydrogens is 346 g/mol. The fourth-order valence-corrected chi connectivity index (χ4v) is 4.37. The molecule has 1 N–H and O–H groups in total. The number of amides is 1. The number of nitrogens with one attached hydrogen (secondary N) is 1. The highest BCUT2D eigenvalue weighted by molar-refractivity contribution is 7.11. The number of nitrogens with zero attached hydrogens (tertiary/aromatic N) is 2. The van der Waals surface area contributed by atoms with E-state index in [1.54, 1.807) is 6.07 Å². The summed E-state index contributed by atoms with van der Waals surface area (Å²) >= 11 is 1.84. The van der Waals surface area contributed by atoms with Crippen LogP contribution in [0.3, 0.4) is 0 Å². The minimum Gasteiger partial charge on any atom is -0.350 e. The van der Waals surface area contributed by atoms with E-state index >= 15 is 0 Å². The van der Waals surface area contributed by atoms with Gasteiger partial charge in [-0.2, -0.15) is 0 Å². The minimum atomic E-state index is -0.224. The van der Waals surface area contributed by atoms with Crippen molar-refractivity contribution in [2.75, 3.05) is 6.54 Å². The molecule has 0 fully saturated rings. The smallest absolute Gasteiger partial charge is 0.289 e. The van der Waals surface area contributed by atoms with Gasteiger partial charge in [0.05, 0.1) is 10.7 Å². The fourth-order valence-electron chi connectivity index (χ4n) is 3.17. The molecule has 0 radical (unpaired) electrons. The number of hydrogen-bond acceptors (Lipinski definition) is 5. The Morgan fingerprint density at radius 1 is 1.19 bits per heavy atom. The molecule has 0 aliphatic heterocycles. The van der Waals surface area contributed by atoms with Gasteiger partial charge in [-0.1, -0.05) is 35.5 Å². The highest BCUT2D eigenvalue weighted by Crippen LogP contribution is 2.27. The topological polar surface area (TPSA) is 68.0 Å². The average molecular weight is 367 g/mol. The third kappa shape index (κ3) is 3.85. The fraction of sp³-hybridized carbons (Fsp3) is 0.350. The van der Waals surface area contributed by atoms with Gasteiger partial charge in [0.25, 0.3) is 5.91 Å². The molecule has 1 aliphatic carbocycles. The molecule has 5 nitrogen and oxygen atoms in total. The van der Waals surface area contributed by atoms with Gasteiger partial charge in [-0.15, -0.1) is 11.3 Å². The van der Waals surface area contributed by atoms with Crippen molar-refractivity contribution in [2.45, 2.75) is 38.5 Å². The van der Waals surface area contributed by atoms with Crippen molar-refractivity contribution >= 4 is 17.2 Å². The molecule has 0 saturated heterocycles. The maximum absolute atomic E-state index is 12.2. The van der Waals surface area contributed by atoms with Crippen LogP contribution in [0.5, 0.6) is 0 Å². The molecule has 6 heteroatoms. The van der Waals surface area contributed by atoms with Gasteiger partial charge >= 0.3 is 0 Å². The number of aryl methyl sites for hydroxylation is 3. The molecule has 134 valence electrons. The van der Waals surface area contributed by atoms with Crippen LogP contribution in [0.25, 0.3) is 11.3 Å². The van der Waals surface area contributed by atoms with Crippen LogP contribution >= 0.6 is 11.3 Å². The van der Waals surface area contributed by atoms with Crippen LogP contribution in [0.15, 0.2) is 40.9 Å². The Bertz CT molecular complexity index is 862. The minimum absolute atomic E-state index is 0.224. The second-order valence-corrected chi connectivity index (χ2v) is 7.65. The van der Waals surface area contributed by atoms with Crippen LogP contribution in [0.4, 0.5) is 0 Å². The van der Waals surface area contributed by atoms with Crippen molar-refractivity contribution in [1.82, 2.24) is 15.5 Å². The maximum Gasteiger partial charge on any atom is 0.289 e. The summed E-state index contributed by atoms with van der Waals surface area (Å²) in [5.41, 5.74) is 2.91. The lowest BCUT2D eigenvalue weighted by atomic mass is 10.0. The maximum atomic E-state index is 12.2. The summed E-state index contributed by atoms with van der Waals surface area (Å²) in [6.45, 7) is 0.602.